The summed E-state index contributed by atoms with van der Waals surface area (Å²) in [6, 6.07) is 52.5. The summed E-state index contributed by atoms with van der Waals surface area (Å²) in [6.45, 7) is 0. The van der Waals surface area contributed by atoms with Crippen LogP contribution in [0.4, 0.5) is 0 Å². The lowest BCUT2D eigenvalue weighted by molar-refractivity contribution is 0.487. The number of thiophene rings is 1. The van der Waals surface area contributed by atoms with Crippen molar-refractivity contribution in [3.63, 3.8) is 0 Å². The summed E-state index contributed by atoms with van der Waals surface area (Å²) in [6.07, 6.45) is 0. The molecular weight excluding hydrogens is 529 g/mol. The molecule has 42 heavy (non-hydrogen) atoms. The number of rotatable bonds is 3. The maximum Gasteiger partial charge on any atom is 0.135 e. The van der Waals surface area contributed by atoms with E-state index in [1.807, 2.05) is 23.5 Å². The van der Waals surface area contributed by atoms with Gasteiger partial charge < -0.3 is 4.74 Å². The summed E-state index contributed by atoms with van der Waals surface area (Å²) < 4.78 is 8.92. The number of ether oxygens (including phenoxy) is 1. The molecule has 1 aliphatic heterocycles. The molecule has 0 saturated heterocycles. The molecule has 0 atom stereocenters. The highest BCUT2D eigenvalue weighted by Crippen LogP contribution is 2.48. The van der Waals surface area contributed by atoms with E-state index >= 15 is 0 Å². The molecule has 0 saturated carbocycles. The normalized spacial score (nSPS) is 12.0. The van der Waals surface area contributed by atoms with Crippen molar-refractivity contribution in [2.75, 3.05) is 0 Å². The quantitative estimate of drug-likeness (QED) is 0.212. The second-order valence-corrected chi connectivity index (χ2v) is 12.0. The molecule has 0 N–H and O–H groups in total. The van der Waals surface area contributed by atoms with Gasteiger partial charge in [0.1, 0.15) is 11.5 Å². The largest absolute Gasteiger partial charge is 0.456 e. The van der Waals surface area contributed by atoms with E-state index in [4.69, 9.17) is 4.74 Å². The fourth-order valence-electron chi connectivity index (χ4n) is 6.43. The van der Waals surface area contributed by atoms with Crippen LogP contribution in [0.2, 0.25) is 0 Å². The molecule has 0 bridgehead atoms. The van der Waals surface area contributed by atoms with Gasteiger partial charge in [-0.1, -0.05) is 115 Å². The number of fused-ring (bicyclic) bond motifs is 5. The number of hydrogen-bond donors (Lipinski definition) is 0. The molecular formula is C40H24OS. The van der Waals surface area contributed by atoms with Crippen molar-refractivity contribution in [3.8, 4) is 56.0 Å². The Balaban J connectivity index is 1.07. The topological polar surface area (TPSA) is 9.23 Å². The van der Waals surface area contributed by atoms with Gasteiger partial charge in [-0.2, -0.15) is 0 Å². The second-order valence-electron chi connectivity index (χ2n) is 10.9. The van der Waals surface area contributed by atoms with Crippen LogP contribution in [-0.2, 0) is 0 Å². The van der Waals surface area contributed by atoms with E-state index in [9.17, 15) is 0 Å². The summed E-state index contributed by atoms with van der Waals surface area (Å²) in [4.78, 5) is 0. The maximum absolute atomic E-state index is 6.23. The number of benzene rings is 7. The number of para-hydroxylation sites is 1. The first kappa shape index (κ1) is 23.5. The van der Waals surface area contributed by atoms with Crippen LogP contribution in [0, 0.1) is 0 Å². The van der Waals surface area contributed by atoms with E-state index in [-0.39, 0.29) is 0 Å². The first-order valence-electron chi connectivity index (χ1n) is 14.3. The van der Waals surface area contributed by atoms with Crippen LogP contribution in [-0.4, -0.2) is 0 Å². The minimum absolute atomic E-state index is 0.914. The van der Waals surface area contributed by atoms with Crippen LogP contribution in [0.25, 0.3) is 75.5 Å². The molecule has 2 heteroatoms. The van der Waals surface area contributed by atoms with Crippen molar-refractivity contribution >= 4 is 42.3 Å². The third kappa shape index (κ3) is 3.62. The van der Waals surface area contributed by atoms with Gasteiger partial charge in [0.25, 0.3) is 0 Å². The standard InChI is InChI=1S/C40H24OS/c1-3-12-36-32(8-1)35-24-30(23-29-7-5-13-37(41-36)39(29)35)27-17-15-25(16-18-27)26-19-21-28(22-20-26)31-10-6-11-34-33-9-2-4-14-38(33)42-40(31)34/h1-24H. The molecule has 2 heterocycles. The molecule has 9 rings (SSSR count). The van der Waals surface area contributed by atoms with Gasteiger partial charge in [0, 0.05) is 31.1 Å². The molecule has 196 valence electrons. The zero-order chi connectivity index (χ0) is 27.6. The van der Waals surface area contributed by atoms with Crippen LogP contribution < -0.4 is 4.74 Å². The van der Waals surface area contributed by atoms with Crippen LogP contribution >= 0.6 is 11.3 Å². The van der Waals surface area contributed by atoms with E-state index in [0.29, 0.717) is 0 Å². The van der Waals surface area contributed by atoms with Crippen molar-refractivity contribution in [1.29, 1.82) is 0 Å². The lowest BCUT2D eigenvalue weighted by Crippen LogP contribution is -1.97. The third-order valence-corrected chi connectivity index (χ3v) is 9.71. The molecule has 1 aromatic heterocycles. The lowest BCUT2D eigenvalue weighted by atomic mass is 9.90. The summed E-state index contributed by atoms with van der Waals surface area (Å²) >= 11 is 1.88. The molecule has 0 spiro atoms. The summed E-state index contributed by atoms with van der Waals surface area (Å²) in [7, 11) is 0. The molecule has 0 radical (unpaired) electrons. The van der Waals surface area contributed by atoms with Crippen LogP contribution in [0.5, 0.6) is 11.5 Å². The number of hydrogen-bond acceptors (Lipinski definition) is 2. The molecule has 0 unspecified atom stereocenters. The fourth-order valence-corrected chi connectivity index (χ4v) is 7.66. The van der Waals surface area contributed by atoms with Gasteiger partial charge >= 0.3 is 0 Å². The Morgan fingerprint density at radius 3 is 1.86 bits per heavy atom. The molecule has 1 nitrogen and oxygen atoms in total. The van der Waals surface area contributed by atoms with Crippen LogP contribution in [0.1, 0.15) is 0 Å². The van der Waals surface area contributed by atoms with E-state index in [0.717, 1.165) is 17.1 Å². The Kier molecular flexibility index (Phi) is 5.13. The van der Waals surface area contributed by atoms with Gasteiger partial charge in [0.15, 0.2) is 0 Å². The highest BCUT2D eigenvalue weighted by molar-refractivity contribution is 7.26. The summed E-state index contributed by atoms with van der Waals surface area (Å²) in [5, 5.41) is 5.05. The smallest absolute Gasteiger partial charge is 0.135 e. The predicted molar refractivity (Wildman–Crippen MR) is 179 cm³/mol. The average molecular weight is 553 g/mol. The Labute approximate surface area is 247 Å². The lowest BCUT2D eigenvalue weighted by Gasteiger charge is -2.22. The Bertz CT molecular complexity index is 2310. The van der Waals surface area contributed by atoms with E-state index < -0.39 is 0 Å². The highest BCUT2D eigenvalue weighted by Gasteiger charge is 2.20. The molecule has 0 aliphatic carbocycles. The van der Waals surface area contributed by atoms with Crippen LogP contribution in [0.15, 0.2) is 146 Å². The summed E-state index contributed by atoms with van der Waals surface area (Å²) in [5.74, 6) is 1.84. The van der Waals surface area contributed by atoms with Crippen molar-refractivity contribution in [3.05, 3.63) is 146 Å². The summed E-state index contributed by atoms with van der Waals surface area (Å²) in [5.41, 5.74) is 9.78. The van der Waals surface area contributed by atoms with Crippen molar-refractivity contribution in [2.45, 2.75) is 0 Å². The van der Waals surface area contributed by atoms with Gasteiger partial charge in [0.2, 0.25) is 0 Å². The second kappa shape index (κ2) is 9.17. The third-order valence-electron chi connectivity index (χ3n) is 8.49. The average Bonchev–Trinajstić information content (AvgIpc) is 3.44. The van der Waals surface area contributed by atoms with Gasteiger partial charge in [-0.3, -0.25) is 0 Å². The molecule has 1 aliphatic rings. The zero-order valence-electron chi connectivity index (χ0n) is 22.7. The van der Waals surface area contributed by atoms with Crippen LogP contribution in [0.3, 0.4) is 0 Å². The Hall–Kier alpha value is -5.18. The van der Waals surface area contributed by atoms with E-state index in [2.05, 4.69) is 133 Å². The van der Waals surface area contributed by atoms with E-state index in [1.54, 1.807) is 0 Å². The van der Waals surface area contributed by atoms with Crippen molar-refractivity contribution in [1.82, 2.24) is 0 Å². The minimum atomic E-state index is 0.914. The molecule has 8 aromatic rings. The zero-order valence-corrected chi connectivity index (χ0v) is 23.5. The van der Waals surface area contributed by atoms with E-state index in [1.165, 1.54) is 69.9 Å². The predicted octanol–water partition coefficient (Wildman–Crippen LogP) is 12.0. The van der Waals surface area contributed by atoms with Crippen molar-refractivity contribution in [2.24, 2.45) is 0 Å². The Morgan fingerprint density at radius 1 is 0.405 bits per heavy atom. The monoisotopic (exact) mass is 552 g/mol. The molecule has 0 amide bonds. The van der Waals surface area contributed by atoms with Gasteiger partial charge in [-0.25, -0.2) is 0 Å². The van der Waals surface area contributed by atoms with Gasteiger partial charge in [-0.05, 0) is 74.7 Å². The fraction of sp³-hybridized carbons (Fsp3) is 0. The first-order valence-corrected chi connectivity index (χ1v) is 15.1. The van der Waals surface area contributed by atoms with Crippen molar-refractivity contribution < 1.29 is 4.74 Å². The molecule has 0 fully saturated rings. The highest BCUT2D eigenvalue weighted by atomic mass is 32.1. The maximum atomic E-state index is 6.23. The van der Waals surface area contributed by atoms with Gasteiger partial charge in [-0.15, -0.1) is 11.3 Å². The first-order chi connectivity index (χ1) is 20.8. The van der Waals surface area contributed by atoms with Gasteiger partial charge in [0.05, 0.1) is 0 Å². The SMILES string of the molecule is c1ccc2c(c1)Oc1cccc3cc(-c4ccc(-c5ccc(-c6cccc7c6sc6ccccc67)cc5)cc4)cc-2c13. The Morgan fingerprint density at radius 2 is 1.02 bits per heavy atom. The molecule has 7 aromatic carbocycles. The minimum Gasteiger partial charge on any atom is -0.456 e.